The largest absolute Gasteiger partial charge is 0.390 e. The van der Waals surface area contributed by atoms with Crippen LogP contribution in [0.25, 0.3) is 0 Å². The van der Waals surface area contributed by atoms with Crippen molar-refractivity contribution < 1.29 is 14.6 Å². The SMILES string of the molecule is COCCOCC(O)C1CCCc2cccnc21. The van der Waals surface area contributed by atoms with Crippen LogP contribution in [0.3, 0.4) is 0 Å². The summed E-state index contributed by atoms with van der Waals surface area (Å²) in [6.45, 7) is 1.44. The Morgan fingerprint density at radius 1 is 1.50 bits per heavy atom. The molecule has 4 heteroatoms. The highest BCUT2D eigenvalue weighted by atomic mass is 16.5. The quantitative estimate of drug-likeness (QED) is 0.779. The number of aryl methyl sites for hydroxylation is 1. The Bertz CT molecular complexity index is 370. The molecular formula is C14H21NO3. The van der Waals surface area contributed by atoms with Gasteiger partial charge in [-0.15, -0.1) is 0 Å². The molecular weight excluding hydrogens is 230 g/mol. The second-order valence-corrected chi connectivity index (χ2v) is 4.68. The summed E-state index contributed by atoms with van der Waals surface area (Å²) in [7, 11) is 1.64. The zero-order valence-corrected chi connectivity index (χ0v) is 10.8. The fourth-order valence-electron chi connectivity index (χ4n) is 2.48. The molecule has 0 amide bonds. The van der Waals surface area contributed by atoms with Crippen molar-refractivity contribution in [2.75, 3.05) is 26.9 Å². The van der Waals surface area contributed by atoms with Gasteiger partial charge in [-0.25, -0.2) is 0 Å². The first-order valence-corrected chi connectivity index (χ1v) is 6.51. The Morgan fingerprint density at radius 3 is 3.22 bits per heavy atom. The van der Waals surface area contributed by atoms with E-state index in [1.54, 1.807) is 13.3 Å². The highest BCUT2D eigenvalue weighted by Crippen LogP contribution is 2.32. The maximum absolute atomic E-state index is 10.2. The standard InChI is InChI=1S/C14H21NO3/c1-17-8-9-18-10-13(16)12-6-2-4-11-5-3-7-15-14(11)12/h3,5,7,12-13,16H,2,4,6,8-10H2,1H3. The third-order valence-corrected chi connectivity index (χ3v) is 3.42. The minimum Gasteiger partial charge on any atom is -0.390 e. The molecule has 1 heterocycles. The van der Waals surface area contributed by atoms with Crippen molar-refractivity contribution >= 4 is 0 Å². The second-order valence-electron chi connectivity index (χ2n) is 4.68. The predicted octanol–water partition coefficient (Wildman–Crippen LogP) is 1.53. The van der Waals surface area contributed by atoms with Crippen molar-refractivity contribution in [2.45, 2.75) is 31.3 Å². The Morgan fingerprint density at radius 2 is 2.39 bits per heavy atom. The average Bonchev–Trinajstić information content (AvgIpc) is 2.43. The van der Waals surface area contributed by atoms with E-state index in [0.29, 0.717) is 19.8 Å². The van der Waals surface area contributed by atoms with E-state index in [2.05, 4.69) is 11.1 Å². The molecule has 4 nitrogen and oxygen atoms in total. The summed E-state index contributed by atoms with van der Waals surface area (Å²) in [6.07, 6.45) is 4.49. The second kappa shape index (κ2) is 6.83. The molecule has 0 saturated carbocycles. The number of fused-ring (bicyclic) bond motifs is 1. The Labute approximate surface area is 108 Å². The summed E-state index contributed by atoms with van der Waals surface area (Å²) in [5, 5.41) is 10.2. The molecule has 0 radical (unpaired) electrons. The number of aliphatic hydroxyl groups excluding tert-OH is 1. The summed E-state index contributed by atoms with van der Waals surface area (Å²) < 4.78 is 10.3. The molecule has 2 unspecified atom stereocenters. The predicted molar refractivity (Wildman–Crippen MR) is 68.6 cm³/mol. The molecule has 1 N–H and O–H groups in total. The van der Waals surface area contributed by atoms with Gasteiger partial charge in [0.15, 0.2) is 0 Å². The van der Waals surface area contributed by atoms with Gasteiger partial charge >= 0.3 is 0 Å². The van der Waals surface area contributed by atoms with Gasteiger partial charge in [0.25, 0.3) is 0 Å². The van der Waals surface area contributed by atoms with Crippen LogP contribution in [-0.4, -0.2) is 43.1 Å². The van der Waals surface area contributed by atoms with Crippen LogP contribution in [0.4, 0.5) is 0 Å². The van der Waals surface area contributed by atoms with E-state index in [1.807, 2.05) is 6.07 Å². The van der Waals surface area contributed by atoms with E-state index < -0.39 is 6.10 Å². The minimum absolute atomic E-state index is 0.109. The number of methoxy groups -OCH3 is 1. The lowest BCUT2D eigenvalue weighted by molar-refractivity contribution is -0.0000427. The number of aromatic nitrogens is 1. The summed E-state index contributed by atoms with van der Waals surface area (Å²) in [4.78, 5) is 4.43. The van der Waals surface area contributed by atoms with Gasteiger partial charge in [0.05, 0.1) is 25.9 Å². The summed E-state index contributed by atoms with van der Waals surface area (Å²) >= 11 is 0. The van der Waals surface area contributed by atoms with E-state index >= 15 is 0 Å². The van der Waals surface area contributed by atoms with Crippen LogP contribution in [0.15, 0.2) is 18.3 Å². The molecule has 1 aliphatic carbocycles. The van der Waals surface area contributed by atoms with E-state index in [-0.39, 0.29) is 5.92 Å². The van der Waals surface area contributed by atoms with E-state index in [9.17, 15) is 5.11 Å². The van der Waals surface area contributed by atoms with Crippen LogP contribution >= 0.6 is 0 Å². The topological polar surface area (TPSA) is 51.6 Å². The van der Waals surface area contributed by atoms with E-state index in [4.69, 9.17) is 9.47 Å². The van der Waals surface area contributed by atoms with Crippen molar-refractivity contribution in [3.63, 3.8) is 0 Å². The van der Waals surface area contributed by atoms with Crippen LogP contribution < -0.4 is 0 Å². The highest BCUT2D eigenvalue weighted by Gasteiger charge is 2.27. The first-order valence-electron chi connectivity index (χ1n) is 6.51. The van der Waals surface area contributed by atoms with Crippen LogP contribution in [0.2, 0.25) is 0 Å². The maximum Gasteiger partial charge on any atom is 0.0857 e. The molecule has 0 aliphatic heterocycles. The molecule has 0 spiro atoms. The summed E-state index contributed by atoms with van der Waals surface area (Å²) in [5.74, 6) is 0.109. The average molecular weight is 251 g/mol. The van der Waals surface area contributed by atoms with Gasteiger partial charge in [-0.2, -0.15) is 0 Å². The molecule has 1 aromatic rings. The number of aliphatic hydroxyl groups is 1. The molecule has 1 aromatic heterocycles. The lowest BCUT2D eigenvalue weighted by atomic mass is 9.83. The third kappa shape index (κ3) is 3.28. The van der Waals surface area contributed by atoms with Crippen LogP contribution in [0.1, 0.15) is 30.0 Å². The lowest BCUT2D eigenvalue weighted by Crippen LogP contribution is -2.28. The highest BCUT2D eigenvalue weighted by molar-refractivity contribution is 5.26. The summed E-state index contributed by atoms with van der Waals surface area (Å²) in [6, 6.07) is 4.07. The van der Waals surface area contributed by atoms with E-state index in [0.717, 1.165) is 25.0 Å². The smallest absolute Gasteiger partial charge is 0.0857 e. The minimum atomic E-state index is -0.476. The van der Waals surface area contributed by atoms with Crippen molar-refractivity contribution in [1.29, 1.82) is 0 Å². The first kappa shape index (κ1) is 13.5. The molecule has 2 atom stereocenters. The van der Waals surface area contributed by atoms with Gasteiger partial charge in [0.1, 0.15) is 0 Å². The Kier molecular flexibility index (Phi) is 5.11. The van der Waals surface area contributed by atoms with Crippen molar-refractivity contribution in [3.05, 3.63) is 29.6 Å². The number of ether oxygens (including phenoxy) is 2. The Balaban J connectivity index is 1.93. The molecule has 18 heavy (non-hydrogen) atoms. The van der Waals surface area contributed by atoms with Gasteiger partial charge in [-0.3, -0.25) is 4.98 Å². The fourth-order valence-corrected chi connectivity index (χ4v) is 2.48. The number of pyridine rings is 1. The number of hydrogen-bond acceptors (Lipinski definition) is 4. The van der Waals surface area contributed by atoms with Crippen molar-refractivity contribution in [2.24, 2.45) is 0 Å². The van der Waals surface area contributed by atoms with Crippen LogP contribution in [0, 0.1) is 0 Å². The van der Waals surface area contributed by atoms with Crippen molar-refractivity contribution in [1.82, 2.24) is 4.98 Å². The number of hydrogen-bond donors (Lipinski definition) is 1. The fraction of sp³-hybridized carbons (Fsp3) is 0.643. The van der Waals surface area contributed by atoms with Gasteiger partial charge in [-0.05, 0) is 30.9 Å². The lowest BCUT2D eigenvalue weighted by Gasteiger charge is -2.28. The molecule has 0 bridgehead atoms. The van der Waals surface area contributed by atoms with Crippen molar-refractivity contribution in [3.8, 4) is 0 Å². The first-order chi connectivity index (χ1) is 8.83. The number of nitrogens with zero attached hydrogens (tertiary/aromatic N) is 1. The van der Waals surface area contributed by atoms with Gasteiger partial charge in [0.2, 0.25) is 0 Å². The molecule has 100 valence electrons. The molecule has 0 aromatic carbocycles. The van der Waals surface area contributed by atoms with Crippen LogP contribution in [-0.2, 0) is 15.9 Å². The monoisotopic (exact) mass is 251 g/mol. The molecule has 1 aliphatic rings. The normalized spacial score (nSPS) is 20.4. The van der Waals surface area contributed by atoms with Gasteiger partial charge < -0.3 is 14.6 Å². The Hall–Kier alpha value is -0.970. The zero-order chi connectivity index (χ0) is 12.8. The molecule has 2 rings (SSSR count). The molecule has 0 saturated heterocycles. The number of rotatable bonds is 6. The van der Waals surface area contributed by atoms with Crippen LogP contribution in [0.5, 0.6) is 0 Å². The zero-order valence-electron chi connectivity index (χ0n) is 10.8. The molecule has 0 fully saturated rings. The van der Waals surface area contributed by atoms with E-state index in [1.165, 1.54) is 5.56 Å². The summed E-state index contributed by atoms with van der Waals surface area (Å²) in [5.41, 5.74) is 2.32. The third-order valence-electron chi connectivity index (χ3n) is 3.42. The van der Waals surface area contributed by atoms with Gasteiger partial charge in [-0.1, -0.05) is 6.07 Å². The van der Waals surface area contributed by atoms with Gasteiger partial charge in [0, 0.05) is 24.9 Å². The maximum atomic E-state index is 10.2.